The van der Waals surface area contributed by atoms with Gasteiger partial charge in [0.25, 0.3) is 0 Å². The van der Waals surface area contributed by atoms with E-state index in [0.29, 0.717) is 0 Å². The highest BCUT2D eigenvalue weighted by molar-refractivity contribution is 6.39. The molecular formula is C44H28N2. The van der Waals surface area contributed by atoms with Crippen LogP contribution in [0.4, 0.5) is 0 Å². The lowest BCUT2D eigenvalue weighted by molar-refractivity contribution is 1.18. The van der Waals surface area contributed by atoms with Crippen molar-refractivity contribution in [1.29, 1.82) is 0 Å². The van der Waals surface area contributed by atoms with Crippen molar-refractivity contribution in [2.24, 2.45) is 0 Å². The highest BCUT2D eigenvalue weighted by Gasteiger charge is 2.25. The Balaban J connectivity index is 1.47. The molecule has 214 valence electrons. The first kappa shape index (κ1) is 25.2. The molecule has 0 fully saturated rings. The van der Waals surface area contributed by atoms with Gasteiger partial charge in [-0.05, 0) is 63.7 Å². The van der Waals surface area contributed by atoms with E-state index in [0.717, 1.165) is 5.69 Å². The summed E-state index contributed by atoms with van der Waals surface area (Å²) in [5, 5.41) is 10.2. The van der Waals surface area contributed by atoms with E-state index in [9.17, 15) is 0 Å². The van der Waals surface area contributed by atoms with Gasteiger partial charge in [-0.15, -0.1) is 0 Å². The zero-order valence-corrected chi connectivity index (χ0v) is 25.1. The summed E-state index contributed by atoms with van der Waals surface area (Å²) in [7, 11) is 0. The first-order valence-corrected chi connectivity index (χ1v) is 15.9. The summed E-state index contributed by atoms with van der Waals surface area (Å²) in [5.41, 5.74) is 9.68. The van der Waals surface area contributed by atoms with Gasteiger partial charge in [-0.1, -0.05) is 133 Å². The monoisotopic (exact) mass is 584 g/mol. The number of aromatic nitrogens is 2. The molecule has 0 aliphatic carbocycles. The Morgan fingerprint density at radius 1 is 0.283 bits per heavy atom. The molecule has 10 aromatic rings. The van der Waals surface area contributed by atoms with Gasteiger partial charge >= 0.3 is 0 Å². The van der Waals surface area contributed by atoms with Crippen LogP contribution < -0.4 is 0 Å². The molecule has 2 nitrogen and oxygen atoms in total. The third-order valence-electron chi connectivity index (χ3n) is 9.67. The maximum Gasteiger partial charge on any atom is 0.0648 e. The van der Waals surface area contributed by atoms with E-state index in [1.54, 1.807) is 0 Å². The lowest BCUT2D eigenvalue weighted by atomic mass is 9.97. The summed E-state index contributed by atoms with van der Waals surface area (Å²) in [6.07, 6.45) is 0. The van der Waals surface area contributed by atoms with Gasteiger partial charge in [0.1, 0.15) is 0 Å². The number of fused-ring (bicyclic) bond motifs is 12. The van der Waals surface area contributed by atoms with Gasteiger partial charge in [0, 0.05) is 38.3 Å². The lowest BCUT2D eigenvalue weighted by Crippen LogP contribution is -1.96. The first-order valence-electron chi connectivity index (χ1n) is 15.9. The fourth-order valence-electron chi connectivity index (χ4n) is 7.75. The van der Waals surface area contributed by atoms with Crippen molar-refractivity contribution in [3.63, 3.8) is 0 Å². The van der Waals surface area contributed by atoms with E-state index in [1.807, 2.05) is 0 Å². The SMILES string of the molecule is c1ccc(-c2ccc(-n3c4ccc5ccccc5c4c4c5ccccc5c5c(c6ccccc6n5-c5ccccc5)c43)cc2)cc1. The van der Waals surface area contributed by atoms with Crippen LogP contribution in [0.1, 0.15) is 0 Å². The molecule has 2 heterocycles. The van der Waals surface area contributed by atoms with E-state index in [-0.39, 0.29) is 0 Å². The summed E-state index contributed by atoms with van der Waals surface area (Å²) < 4.78 is 4.98. The lowest BCUT2D eigenvalue weighted by Gasteiger charge is -2.13. The summed E-state index contributed by atoms with van der Waals surface area (Å²) in [6, 6.07) is 61.8. The molecular weight excluding hydrogens is 556 g/mol. The quantitative estimate of drug-likeness (QED) is 0.195. The molecule has 0 radical (unpaired) electrons. The molecule has 0 bridgehead atoms. The minimum atomic E-state index is 1.16. The third-order valence-corrected chi connectivity index (χ3v) is 9.67. The summed E-state index contributed by atoms with van der Waals surface area (Å²) in [6.45, 7) is 0. The molecule has 2 heteroatoms. The van der Waals surface area contributed by atoms with Crippen LogP contribution in [0.15, 0.2) is 170 Å². The standard InChI is InChI=1S/C44H28N2/c1-3-13-29(14-4-1)30-23-26-33(27-24-30)46-39-28-25-31-15-7-8-18-34(31)40(39)41-35-19-9-10-20-36(35)43-42(44(41)46)37-21-11-12-22-38(37)45(43)32-16-5-2-6-17-32/h1-28H. The topological polar surface area (TPSA) is 9.86 Å². The second kappa shape index (κ2) is 9.69. The molecule has 0 saturated carbocycles. The number of para-hydroxylation sites is 2. The Kier molecular flexibility index (Phi) is 5.31. The Hall–Kier alpha value is -6.12. The minimum absolute atomic E-state index is 1.16. The number of nitrogens with zero attached hydrogens (tertiary/aromatic N) is 2. The maximum absolute atomic E-state index is 2.52. The van der Waals surface area contributed by atoms with Crippen molar-refractivity contribution in [3.05, 3.63) is 170 Å². The summed E-state index contributed by atoms with van der Waals surface area (Å²) in [5.74, 6) is 0. The molecule has 0 spiro atoms. The highest BCUT2D eigenvalue weighted by atomic mass is 15.0. The van der Waals surface area contributed by atoms with Gasteiger partial charge in [0.2, 0.25) is 0 Å². The molecule has 0 unspecified atom stereocenters. The van der Waals surface area contributed by atoms with E-state index in [1.165, 1.54) is 82.0 Å². The minimum Gasteiger partial charge on any atom is -0.309 e. The van der Waals surface area contributed by atoms with Crippen LogP contribution >= 0.6 is 0 Å². The smallest absolute Gasteiger partial charge is 0.0648 e. The Bertz CT molecular complexity index is 2770. The average molecular weight is 585 g/mol. The molecule has 0 aliphatic heterocycles. The second-order valence-electron chi connectivity index (χ2n) is 12.1. The van der Waals surface area contributed by atoms with Crippen LogP contribution in [-0.4, -0.2) is 9.13 Å². The molecule has 0 atom stereocenters. The largest absolute Gasteiger partial charge is 0.309 e. The predicted molar refractivity (Wildman–Crippen MR) is 196 cm³/mol. The van der Waals surface area contributed by atoms with Gasteiger partial charge < -0.3 is 9.13 Å². The van der Waals surface area contributed by atoms with Crippen molar-refractivity contribution in [3.8, 4) is 22.5 Å². The van der Waals surface area contributed by atoms with E-state index >= 15 is 0 Å². The third kappa shape index (κ3) is 3.47. The van der Waals surface area contributed by atoms with Crippen molar-refractivity contribution in [2.75, 3.05) is 0 Å². The summed E-state index contributed by atoms with van der Waals surface area (Å²) in [4.78, 5) is 0. The van der Waals surface area contributed by atoms with Gasteiger partial charge in [-0.3, -0.25) is 0 Å². The summed E-state index contributed by atoms with van der Waals surface area (Å²) >= 11 is 0. The zero-order chi connectivity index (χ0) is 30.2. The predicted octanol–water partition coefficient (Wildman–Crippen LogP) is 11.9. The van der Waals surface area contributed by atoms with Gasteiger partial charge in [-0.25, -0.2) is 0 Å². The molecule has 0 N–H and O–H groups in total. The second-order valence-corrected chi connectivity index (χ2v) is 12.1. The first-order chi connectivity index (χ1) is 22.9. The molecule has 2 aromatic heterocycles. The molecule has 0 saturated heterocycles. The number of hydrogen-bond acceptors (Lipinski definition) is 0. The molecule has 0 aliphatic rings. The van der Waals surface area contributed by atoms with Crippen molar-refractivity contribution in [1.82, 2.24) is 9.13 Å². The van der Waals surface area contributed by atoms with Crippen LogP contribution in [0.5, 0.6) is 0 Å². The van der Waals surface area contributed by atoms with E-state index in [2.05, 4.69) is 179 Å². The van der Waals surface area contributed by atoms with Crippen LogP contribution in [0.3, 0.4) is 0 Å². The number of hydrogen-bond donors (Lipinski definition) is 0. The average Bonchev–Trinajstić information content (AvgIpc) is 3.67. The highest BCUT2D eigenvalue weighted by Crippen LogP contribution is 2.48. The number of benzene rings is 8. The molecule has 8 aromatic carbocycles. The van der Waals surface area contributed by atoms with Gasteiger partial charge in [0.05, 0.1) is 22.1 Å². The molecule has 10 rings (SSSR count). The van der Waals surface area contributed by atoms with E-state index in [4.69, 9.17) is 0 Å². The fourth-order valence-corrected chi connectivity index (χ4v) is 7.75. The zero-order valence-electron chi connectivity index (χ0n) is 25.1. The maximum atomic E-state index is 2.52. The van der Waals surface area contributed by atoms with Crippen LogP contribution in [0, 0.1) is 0 Å². The molecule has 0 amide bonds. The Morgan fingerprint density at radius 3 is 1.63 bits per heavy atom. The van der Waals surface area contributed by atoms with Crippen molar-refractivity contribution < 1.29 is 0 Å². The van der Waals surface area contributed by atoms with Crippen molar-refractivity contribution >= 4 is 65.2 Å². The van der Waals surface area contributed by atoms with Gasteiger partial charge in [-0.2, -0.15) is 0 Å². The number of rotatable bonds is 3. The Morgan fingerprint density at radius 2 is 0.848 bits per heavy atom. The fraction of sp³-hybridized carbons (Fsp3) is 0. The van der Waals surface area contributed by atoms with Crippen LogP contribution in [0.25, 0.3) is 87.7 Å². The van der Waals surface area contributed by atoms with Crippen LogP contribution in [0.2, 0.25) is 0 Å². The molecule has 46 heavy (non-hydrogen) atoms. The Labute approximate surface area is 266 Å². The normalized spacial score (nSPS) is 11.9. The van der Waals surface area contributed by atoms with Gasteiger partial charge in [0.15, 0.2) is 0 Å². The van der Waals surface area contributed by atoms with Crippen LogP contribution in [-0.2, 0) is 0 Å². The van der Waals surface area contributed by atoms with Crippen molar-refractivity contribution in [2.45, 2.75) is 0 Å². The van der Waals surface area contributed by atoms with E-state index < -0.39 is 0 Å².